The highest BCUT2D eigenvalue weighted by Crippen LogP contribution is 2.36. The average Bonchev–Trinajstić information content (AvgIpc) is 3.44. The van der Waals surface area contributed by atoms with Crippen molar-refractivity contribution in [2.75, 3.05) is 13.1 Å². The number of piperidine rings is 1. The van der Waals surface area contributed by atoms with Crippen LogP contribution in [0, 0.1) is 5.82 Å². The number of carbonyl (C=O) groups is 1. The van der Waals surface area contributed by atoms with Gasteiger partial charge in [0.2, 0.25) is 0 Å². The first-order chi connectivity index (χ1) is 17.0. The third-order valence-corrected chi connectivity index (χ3v) is 7.77. The highest BCUT2D eigenvalue weighted by molar-refractivity contribution is 6.00. The molecule has 180 valence electrons. The van der Waals surface area contributed by atoms with Crippen molar-refractivity contribution in [3.63, 3.8) is 0 Å². The third kappa shape index (κ3) is 4.14. The summed E-state index contributed by atoms with van der Waals surface area (Å²) in [5.41, 5.74) is 6.54. The minimum atomic E-state index is -0.797. The van der Waals surface area contributed by atoms with E-state index in [4.69, 9.17) is 0 Å². The number of benzene rings is 2. The van der Waals surface area contributed by atoms with Gasteiger partial charge in [0.05, 0.1) is 23.2 Å². The van der Waals surface area contributed by atoms with Crippen molar-refractivity contribution in [1.29, 1.82) is 0 Å². The second-order valence-corrected chi connectivity index (χ2v) is 10.0. The molecule has 1 fully saturated rings. The summed E-state index contributed by atoms with van der Waals surface area (Å²) in [4.78, 5) is 18.8. The Kier molecular flexibility index (Phi) is 5.44. The Balaban J connectivity index is 1.16. The molecule has 0 spiro atoms. The van der Waals surface area contributed by atoms with Crippen LogP contribution in [0.4, 0.5) is 4.39 Å². The number of halogens is 1. The smallest absolute Gasteiger partial charge is 0.253 e. The van der Waals surface area contributed by atoms with E-state index in [9.17, 15) is 14.3 Å². The number of hydrogen-bond acceptors (Lipinski definition) is 3. The number of nitrogens with zero attached hydrogens (tertiary/aromatic N) is 2. The van der Waals surface area contributed by atoms with Crippen LogP contribution in [0.5, 0.6) is 0 Å². The number of nitrogens with one attached hydrogen (secondary N) is 2. The molecule has 0 unspecified atom stereocenters. The predicted octanol–water partition coefficient (Wildman–Crippen LogP) is 4.79. The van der Waals surface area contributed by atoms with E-state index in [0.29, 0.717) is 44.3 Å². The molecule has 35 heavy (non-hydrogen) atoms. The summed E-state index contributed by atoms with van der Waals surface area (Å²) in [6.45, 7) is 1.05. The third-order valence-electron chi connectivity index (χ3n) is 7.77. The zero-order valence-corrected chi connectivity index (χ0v) is 19.6. The number of amides is 1. The minimum Gasteiger partial charge on any atom is -0.390 e. The van der Waals surface area contributed by atoms with Gasteiger partial charge in [-0.3, -0.25) is 9.89 Å². The molecule has 1 amide bonds. The van der Waals surface area contributed by atoms with E-state index in [2.05, 4.69) is 15.2 Å². The molecule has 6 rings (SSSR count). The number of carbonyl (C=O) groups excluding carboxylic acids is 1. The molecule has 2 aromatic heterocycles. The number of likely N-dealkylation sites (tertiary alicyclic amines) is 1. The number of aryl methyl sites for hydroxylation is 3. The van der Waals surface area contributed by atoms with Gasteiger partial charge in [-0.1, -0.05) is 12.1 Å². The second kappa shape index (κ2) is 8.64. The molecule has 0 bridgehead atoms. The topological polar surface area (TPSA) is 85.0 Å². The first-order valence-electron chi connectivity index (χ1n) is 12.4. The van der Waals surface area contributed by atoms with Crippen molar-refractivity contribution in [3.8, 4) is 11.4 Å². The van der Waals surface area contributed by atoms with Gasteiger partial charge in [-0.05, 0) is 92.0 Å². The average molecular weight is 473 g/mol. The van der Waals surface area contributed by atoms with E-state index in [1.54, 1.807) is 12.1 Å². The Bertz CT molecular complexity index is 1380. The lowest BCUT2D eigenvalue weighted by Crippen LogP contribution is -2.46. The number of H-pyrrole nitrogens is 2. The van der Waals surface area contributed by atoms with E-state index >= 15 is 0 Å². The standard InChI is InChI=1S/C28H29FN4O2/c29-21-7-4-18(5-8-21)10-11-28(35)12-14-33(15-13-28)27(34)19-6-9-24-23(16-19)22-3-1-2-20-17-30-32-25(20)26(22)31-24/h4-9,16-17,31,35H,1-3,10-15H2,(H,30,32). The van der Waals surface area contributed by atoms with Gasteiger partial charge in [-0.2, -0.15) is 5.10 Å². The van der Waals surface area contributed by atoms with Crippen LogP contribution in [-0.2, 0) is 19.3 Å². The van der Waals surface area contributed by atoms with Gasteiger partial charge in [0, 0.05) is 29.6 Å². The fourth-order valence-corrected chi connectivity index (χ4v) is 5.61. The summed E-state index contributed by atoms with van der Waals surface area (Å²) in [7, 11) is 0. The highest BCUT2D eigenvalue weighted by Gasteiger charge is 2.34. The Morgan fingerprint density at radius 3 is 2.69 bits per heavy atom. The van der Waals surface area contributed by atoms with Crippen LogP contribution in [0.1, 0.15) is 52.7 Å². The zero-order chi connectivity index (χ0) is 24.0. The van der Waals surface area contributed by atoms with Gasteiger partial charge >= 0.3 is 0 Å². The minimum absolute atomic E-state index is 0.0123. The van der Waals surface area contributed by atoms with Gasteiger partial charge in [-0.25, -0.2) is 4.39 Å². The van der Waals surface area contributed by atoms with Crippen molar-refractivity contribution in [1.82, 2.24) is 20.1 Å². The number of aliphatic hydroxyl groups is 1. The largest absolute Gasteiger partial charge is 0.390 e. The van der Waals surface area contributed by atoms with Crippen molar-refractivity contribution in [3.05, 3.63) is 76.7 Å². The lowest BCUT2D eigenvalue weighted by atomic mass is 9.85. The number of aromatic amines is 2. The molecule has 2 aliphatic rings. The fourth-order valence-electron chi connectivity index (χ4n) is 5.61. The summed E-state index contributed by atoms with van der Waals surface area (Å²) in [6, 6.07) is 12.3. The van der Waals surface area contributed by atoms with Crippen molar-refractivity contribution < 1.29 is 14.3 Å². The summed E-state index contributed by atoms with van der Waals surface area (Å²) in [6.07, 6.45) is 7.30. The van der Waals surface area contributed by atoms with E-state index in [1.165, 1.54) is 23.3 Å². The van der Waals surface area contributed by atoms with Crippen molar-refractivity contribution >= 4 is 16.8 Å². The van der Waals surface area contributed by atoms with E-state index in [-0.39, 0.29) is 11.7 Å². The van der Waals surface area contributed by atoms with Crippen molar-refractivity contribution in [2.45, 2.75) is 50.5 Å². The summed E-state index contributed by atoms with van der Waals surface area (Å²) in [5.74, 6) is -0.238. The summed E-state index contributed by atoms with van der Waals surface area (Å²) in [5, 5.41) is 19.5. The second-order valence-electron chi connectivity index (χ2n) is 10.0. The molecular weight excluding hydrogens is 443 g/mol. The van der Waals surface area contributed by atoms with Gasteiger partial charge in [0.1, 0.15) is 5.82 Å². The molecule has 2 aromatic carbocycles. The molecule has 1 aliphatic heterocycles. The molecule has 3 heterocycles. The Morgan fingerprint density at radius 1 is 1.09 bits per heavy atom. The number of fused-ring (bicyclic) bond motifs is 5. The molecule has 0 saturated carbocycles. The normalized spacial score (nSPS) is 17.1. The quantitative estimate of drug-likeness (QED) is 0.399. The molecular formula is C28H29FN4O2. The van der Waals surface area contributed by atoms with Crippen LogP contribution >= 0.6 is 0 Å². The first kappa shape index (κ1) is 22.0. The van der Waals surface area contributed by atoms with Crippen LogP contribution < -0.4 is 0 Å². The molecule has 4 aromatic rings. The highest BCUT2D eigenvalue weighted by atomic mass is 19.1. The van der Waals surface area contributed by atoms with Crippen LogP contribution in [0.3, 0.4) is 0 Å². The van der Waals surface area contributed by atoms with Gasteiger partial charge in [-0.15, -0.1) is 0 Å². The molecule has 3 N–H and O–H groups in total. The lowest BCUT2D eigenvalue weighted by Gasteiger charge is -2.38. The summed E-state index contributed by atoms with van der Waals surface area (Å²) >= 11 is 0. The predicted molar refractivity (Wildman–Crippen MR) is 133 cm³/mol. The zero-order valence-electron chi connectivity index (χ0n) is 19.6. The van der Waals surface area contributed by atoms with Gasteiger partial charge in [0.25, 0.3) is 5.91 Å². The Labute approximate surface area is 203 Å². The number of rotatable bonds is 4. The van der Waals surface area contributed by atoms with Crippen LogP contribution in [0.25, 0.3) is 22.3 Å². The van der Waals surface area contributed by atoms with Crippen LogP contribution in [0.15, 0.2) is 48.7 Å². The van der Waals surface area contributed by atoms with Crippen LogP contribution in [-0.4, -0.2) is 49.8 Å². The van der Waals surface area contributed by atoms with E-state index in [1.807, 2.05) is 29.3 Å². The van der Waals surface area contributed by atoms with Crippen LogP contribution in [0.2, 0.25) is 0 Å². The van der Waals surface area contributed by atoms with Gasteiger partial charge < -0.3 is 15.0 Å². The fraction of sp³-hybridized carbons (Fsp3) is 0.357. The van der Waals surface area contributed by atoms with E-state index < -0.39 is 5.60 Å². The maximum atomic E-state index is 13.4. The maximum Gasteiger partial charge on any atom is 0.253 e. The summed E-state index contributed by atoms with van der Waals surface area (Å²) < 4.78 is 13.1. The van der Waals surface area contributed by atoms with E-state index in [0.717, 1.165) is 47.1 Å². The molecule has 0 radical (unpaired) electrons. The monoisotopic (exact) mass is 472 g/mol. The Morgan fingerprint density at radius 2 is 1.89 bits per heavy atom. The first-order valence-corrected chi connectivity index (χ1v) is 12.4. The Hall–Kier alpha value is -3.45. The number of aromatic nitrogens is 3. The molecule has 7 heteroatoms. The lowest BCUT2D eigenvalue weighted by molar-refractivity contribution is -0.0226. The maximum absolute atomic E-state index is 13.4. The SMILES string of the molecule is O=C(c1ccc2[nH]c3c(c2c1)CCCc1cn[nH]c1-3)N1CCC(O)(CCc2ccc(F)cc2)CC1. The van der Waals surface area contributed by atoms with Crippen molar-refractivity contribution in [2.24, 2.45) is 0 Å². The molecule has 1 aliphatic carbocycles. The van der Waals surface area contributed by atoms with Gasteiger partial charge in [0.15, 0.2) is 0 Å². The molecule has 6 nitrogen and oxygen atoms in total. The molecule has 1 saturated heterocycles. The number of hydrogen-bond donors (Lipinski definition) is 3. The molecule has 0 atom stereocenters.